The van der Waals surface area contributed by atoms with Crippen molar-refractivity contribution in [2.24, 2.45) is 0 Å². The predicted octanol–water partition coefficient (Wildman–Crippen LogP) is 3.45. The second kappa shape index (κ2) is 7.39. The Labute approximate surface area is 158 Å². The molecule has 1 atom stereocenters. The van der Waals surface area contributed by atoms with Crippen molar-refractivity contribution in [3.8, 4) is 23.0 Å². The van der Waals surface area contributed by atoms with Crippen LogP contribution in [0.5, 0.6) is 23.0 Å². The number of ether oxygens (including phenoxy) is 4. The summed E-state index contributed by atoms with van der Waals surface area (Å²) in [6, 6.07) is 11.2. The van der Waals surface area contributed by atoms with Crippen molar-refractivity contribution in [1.82, 2.24) is 4.90 Å². The highest BCUT2D eigenvalue weighted by Crippen LogP contribution is 2.39. The Morgan fingerprint density at radius 1 is 1.04 bits per heavy atom. The minimum Gasteiger partial charge on any atom is -0.497 e. The van der Waals surface area contributed by atoms with Crippen LogP contribution >= 0.6 is 0 Å². The molecule has 0 radical (unpaired) electrons. The van der Waals surface area contributed by atoms with Crippen LogP contribution in [0.25, 0.3) is 0 Å². The molecule has 0 saturated carbocycles. The van der Waals surface area contributed by atoms with E-state index in [9.17, 15) is 4.79 Å². The van der Waals surface area contributed by atoms with E-state index in [1.807, 2.05) is 23.1 Å². The highest BCUT2D eigenvalue weighted by atomic mass is 16.6. The summed E-state index contributed by atoms with van der Waals surface area (Å²) >= 11 is 0. The summed E-state index contributed by atoms with van der Waals surface area (Å²) in [6.45, 7) is 1.82. The number of carbonyl (C=O) groups is 1. The molecule has 6 nitrogen and oxygen atoms in total. The summed E-state index contributed by atoms with van der Waals surface area (Å²) in [5.74, 6) is 2.64. The molecule has 0 aromatic heterocycles. The van der Waals surface area contributed by atoms with Crippen LogP contribution in [0.15, 0.2) is 36.4 Å². The Morgan fingerprint density at radius 2 is 1.85 bits per heavy atom. The number of hydrogen-bond acceptors (Lipinski definition) is 5. The Balaban J connectivity index is 1.64. The number of benzene rings is 2. The third-order valence-electron chi connectivity index (χ3n) is 5.10. The van der Waals surface area contributed by atoms with Gasteiger partial charge in [-0.3, -0.25) is 4.79 Å². The number of rotatable bonds is 4. The fourth-order valence-electron chi connectivity index (χ4n) is 3.76. The number of methoxy groups -OCH3 is 2. The molecule has 0 spiro atoms. The van der Waals surface area contributed by atoms with Crippen molar-refractivity contribution >= 4 is 5.91 Å². The fourth-order valence-corrected chi connectivity index (χ4v) is 3.76. The summed E-state index contributed by atoms with van der Waals surface area (Å²) in [5.41, 5.74) is 1.58. The first kappa shape index (κ1) is 17.5. The average Bonchev–Trinajstić information content (AvgIpc) is 3.22. The Bertz CT molecular complexity index is 850. The van der Waals surface area contributed by atoms with E-state index in [4.69, 9.17) is 18.9 Å². The lowest BCUT2D eigenvalue weighted by Gasteiger charge is -2.27. The first-order valence-electron chi connectivity index (χ1n) is 9.14. The zero-order valence-electron chi connectivity index (χ0n) is 15.6. The Morgan fingerprint density at radius 3 is 2.63 bits per heavy atom. The molecule has 4 rings (SSSR count). The Kier molecular flexibility index (Phi) is 4.79. The molecule has 2 aromatic rings. The van der Waals surface area contributed by atoms with E-state index in [1.165, 1.54) is 0 Å². The van der Waals surface area contributed by atoms with Crippen LogP contribution in [0.2, 0.25) is 0 Å². The van der Waals surface area contributed by atoms with Crippen molar-refractivity contribution in [3.05, 3.63) is 47.5 Å². The van der Waals surface area contributed by atoms with Crippen molar-refractivity contribution in [3.63, 3.8) is 0 Å². The molecule has 0 aliphatic carbocycles. The number of nitrogens with zero attached hydrogens (tertiary/aromatic N) is 1. The molecule has 0 N–H and O–H groups in total. The third kappa shape index (κ3) is 3.27. The molecular formula is C21H23NO5. The molecule has 0 bridgehead atoms. The van der Waals surface area contributed by atoms with Gasteiger partial charge in [0, 0.05) is 6.54 Å². The van der Waals surface area contributed by atoms with E-state index in [0.29, 0.717) is 36.8 Å². The highest BCUT2D eigenvalue weighted by Gasteiger charge is 2.33. The van der Waals surface area contributed by atoms with Crippen LogP contribution in [0.3, 0.4) is 0 Å². The molecule has 0 unspecified atom stereocenters. The molecule has 2 aliphatic heterocycles. The van der Waals surface area contributed by atoms with E-state index < -0.39 is 0 Å². The lowest BCUT2D eigenvalue weighted by Crippen LogP contribution is -2.31. The molecule has 27 heavy (non-hydrogen) atoms. The first-order valence-corrected chi connectivity index (χ1v) is 9.14. The van der Waals surface area contributed by atoms with Gasteiger partial charge in [-0.1, -0.05) is 6.07 Å². The number of fused-ring (bicyclic) bond motifs is 1. The van der Waals surface area contributed by atoms with E-state index in [2.05, 4.69) is 0 Å². The fraction of sp³-hybridized carbons (Fsp3) is 0.381. The molecule has 1 saturated heterocycles. The molecule has 1 fully saturated rings. The van der Waals surface area contributed by atoms with Gasteiger partial charge in [-0.05, 0) is 48.7 Å². The lowest BCUT2D eigenvalue weighted by molar-refractivity contribution is 0.0731. The van der Waals surface area contributed by atoms with E-state index >= 15 is 0 Å². The van der Waals surface area contributed by atoms with E-state index in [-0.39, 0.29) is 11.9 Å². The van der Waals surface area contributed by atoms with Gasteiger partial charge in [0.1, 0.15) is 24.7 Å². The third-order valence-corrected chi connectivity index (χ3v) is 5.10. The number of amides is 1. The van der Waals surface area contributed by atoms with Crippen molar-refractivity contribution in [2.45, 2.75) is 18.9 Å². The van der Waals surface area contributed by atoms with Gasteiger partial charge >= 0.3 is 0 Å². The predicted molar refractivity (Wildman–Crippen MR) is 100.0 cm³/mol. The topological polar surface area (TPSA) is 57.2 Å². The van der Waals surface area contributed by atoms with Crippen molar-refractivity contribution < 1.29 is 23.7 Å². The minimum absolute atomic E-state index is 0.00392. The Hall–Kier alpha value is -2.89. The second-order valence-corrected chi connectivity index (χ2v) is 6.63. The molecule has 2 aliphatic rings. The number of carbonyl (C=O) groups excluding carboxylic acids is 1. The average molecular weight is 369 g/mol. The lowest BCUT2D eigenvalue weighted by atomic mass is 10.0. The van der Waals surface area contributed by atoms with Gasteiger partial charge in [0.25, 0.3) is 5.91 Å². The van der Waals surface area contributed by atoms with Crippen LogP contribution in [0, 0.1) is 0 Å². The second-order valence-electron chi connectivity index (χ2n) is 6.63. The number of hydrogen-bond donors (Lipinski definition) is 0. The molecular weight excluding hydrogens is 346 g/mol. The van der Waals surface area contributed by atoms with Gasteiger partial charge in [0.15, 0.2) is 11.5 Å². The standard InChI is InChI=1S/C21H23NO5/c1-24-15-6-8-18(25-2)16(13-15)21(23)22-9-3-4-17(22)14-5-7-19-20(12-14)27-11-10-26-19/h5-8,12-13,17H,3-4,9-11H2,1-2H3/t17-/m1/s1. The SMILES string of the molecule is COc1ccc(OC)c(C(=O)N2CCC[C@@H]2c2ccc3c(c2)OCCO3)c1. The van der Waals surface area contributed by atoms with Crippen molar-refractivity contribution in [2.75, 3.05) is 34.0 Å². The highest BCUT2D eigenvalue weighted by molar-refractivity contribution is 5.97. The summed E-state index contributed by atoms with van der Waals surface area (Å²) < 4.78 is 22.0. The van der Waals surface area contributed by atoms with Gasteiger partial charge in [-0.15, -0.1) is 0 Å². The van der Waals surface area contributed by atoms with Gasteiger partial charge < -0.3 is 23.8 Å². The summed E-state index contributed by atoms with van der Waals surface area (Å²) in [5, 5.41) is 0. The maximum Gasteiger partial charge on any atom is 0.258 e. The molecule has 2 heterocycles. The van der Waals surface area contributed by atoms with E-state index in [1.54, 1.807) is 32.4 Å². The molecule has 6 heteroatoms. The quantitative estimate of drug-likeness (QED) is 0.826. The molecule has 142 valence electrons. The van der Waals surface area contributed by atoms with Crippen LogP contribution in [0.4, 0.5) is 0 Å². The monoisotopic (exact) mass is 369 g/mol. The van der Waals surface area contributed by atoms with Crippen LogP contribution in [-0.2, 0) is 0 Å². The maximum absolute atomic E-state index is 13.3. The summed E-state index contributed by atoms with van der Waals surface area (Å²) in [4.78, 5) is 15.2. The van der Waals surface area contributed by atoms with E-state index in [0.717, 1.165) is 29.9 Å². The number of likely N-dealkylation sites (tertiary alicyclic amines) is 1. The molecule has 1 amide bonds. The molecule has 2 aromatic carbocycles. The zero-order valence-corrected chi connectivity index (χ0v) is 15.6. The minimum atomic E-state index is -0.0526. The largest absolute Gasteiger partial charge is 0.497 e. The van der Waals surface area contributed by atoms with Gasteiger partial charge in [-0.2, -0.15) is 0 Å². The van der Waals surface area contributed by atoms with Crippen LogP contribution in [-0.4, -0.2) is 44.8 Å². The maximum atomic E-state index is 13.3. The summed E-state index contributed by atoms with van der Waals surface area (Å²) in [6.07, 6.45) is 1.87. The zero-order chi connectivity index (χ0) is 18.8. The smallest absolute Gasteiger partial charge is 0.258 e. The van der Waals surface area contributed by atoms with Gasteiger partial charge in [0.05, 0.1) is 25.8 Å². The normalized spacial score (nSPS) is 18.3. The van der Waals surface area contributed by atoms with Gasteiger partial charge in [-0.25, -0.2) is 0 Å². The first-order chi connectivity index (χ1) is 13.2. The van der Waals surface area contributed by atoms with Crippen LogP contribution in [0.1, 0.15) is 34.8 Å². The van der Waals surface area contributed by atoms with Gasteiger partial charge in [0.2, 0.25) is 0 Å². The summed E-state index contributed by atoms with van der Waals surface area (Å²) in [7, 11) is 3.16. The van der Waals surface area contributed by atoms with Crippen molar-refractivity contribution in [1.29, 1.82) is 0 Å². The van der Waals surface area contributed by atoms with Crippen LogP contribution < -0.4 is 18.9 Å².